The van der Waals surface area contributed by atoms with Gasteiger partial charge < -0.3 is 5.32 Å². The molecule has 4 nitrogen and oxygen atoms in total. The lowest BCUT2D eigenvalue weighted by molar-refractivity contribution is -0.123. The molecule has 0 aromatic carbocycles. The fourth-order valence-electron chi connectivity index (χ4n) is 2.23. The van der Waals surface area contributed by atoms with E-state index in [0.29, 0.717) is 5.84 Å². The second kappa shape index (κ2) is 5.19. The summed E-state index contributed by atoms with van der Waals surface area (Å²) < 4.78 is 0.174. The summed E-state index contributed by atoms with van der Waals surface area (Å²) in [6.07, 6.45) is 2.70. The Labute approximate surface area is 127 Å². The molecule has 1 amide bonds. The van der Waals surface area contributed by atoms with Crippen molar-refractivity contribution < 1.29 is 4.79 Å². The van der Waals surface area contributed by atoms with E-state index in [1.807, 2.05) is 26.8 Å². The van der Waals surface area contributed by atoms with Gasteiger partial charge in [0.05, 0.1) is 0 Å². The Morgan fingerprint density at radius 3 is 2.74 bits per heavy atom. The highest BCUT2D eigenvalue weighted by Crippen LogP contribution is 2.30. The number of amides is 1. The first kappa shape index (κ1) is 14.4. The molecule has 0 saturated heterocycles. The van der Waals surface area contributed by atoms with Crippen LogP contribution in [-0.2, 0) is 4.79 Å². The SMILES string of the molecule is CCC(I)C1(C)N=C(c2ncc(C)cc2C)NC1=O. The van der Waals surface area contributed by atoms with Crippen LogP contribution in [-0.4, -0.2) is 26.2 Å². The summed E-state index contributed by atoms with van der Waals surface area (Å²) in [5.74, 6) is 0.561. The molecule has 1 aromatic heterocycles. The van der Waals surface area contributed by atoms with Crippen molar-refractivity contribution in [3.8, 4) is 0 Å². The normalized spacial score (nSPS) is 24.1. The highest BCUT2D eigenvalue weighted by Gasteiger charge is 2.44. The predicted octanol–water partition coefficient (Wildman–Crippen LogP) is 2.55. The van der Waals surface area contributed by atoms with Crippen LogP contribution in [0.4, 0.5) is 0 Å². The maximum atomic E-state index is 12.2. The highest BCUT2D eigenvalue weighted by atomic mass is 127. The zero-order chi connectivity index (χ0) is 14.2. The third-order valence-electron chi connectivity index (χ3n) is 3.44. The van der Waals surface area contributed by atoms with Crippen LogP contribution in [0.25, 0.3) is 0 Å². The number of aryl methyl sites for hydroxylation is 2. The van der Waals surface area contributed by atoms with Gasteiger partial charge in [-0.1, -0.05) is 35.6 Å². The average molecular weight is 371 g/mol. The molecule has 0 spiro atoms. The quantitative estimate of drug-likeness (QED) is 0.656. The van der Waals surface area contributed by atoms with Gasteiger partial charge in [-0.3, -0.25) is 9.78 Å². The van der Waals surface area contributed by atoms with Gasteiger partial charge in [-0.05, 0) is 38.3 Å². The number of hydrogen-bond acceptors (Lipinski definition) is 3. The van der Waals surface area contributed by atoms with Crippen LogP contribution in [0, 0.1) is 13.8 Å². The maximum Gasteiger partial charge on any atom is 0.254 e. The first-order valence-electron chi connectivity index (χ1n) is 6.37. The lowest BCUT2D eigenvalue weighted by atomic mass is 9.97. The molecule has 2 unspecified atom stereocenters. The van der Waals surface area contributed by atoms with Crippen molar-refractivity contribution in [1.82, 2.24) is 10.3 Å². The van der Waals surface area contributed by atoms with E-state index >= 15 is 0 Å². The fraction of sp³-hybridized carbons (Fsp3) is 0.500. The second-order valence-corrected chi connectivity index (χ2v) is 6.62. The molecule has 2 rings (SSSR count). The molecular weight excluding hydrogens is 353 g/mol. The molecule has 1 N–H and O–H groups in total. The number of carbonyl (C=O) groups is 1. The molecule has 0 aliphatic carbocycles. The average Bonchev–Trinajstić information content (AvgIpc) is 2.65. The first-order valence-corrected chi connectivity index (χ1v) is 7.62. The summed E-state index contributed by atoms with van der Waals surface area (Å²) in [5, 5.41) is 2.88. The fourth-order valence-corrected chi connectivity index (χ4v) is 2.65. The highest BCUT2D eigenvalue weighted by molar-refractivity contribution is 14.1. The number of aliphatic imine (C=N–C) groups is 1. The molecule has 2 atom stereocenters. The van der Waals surface area contributed by atoms with Crippen LogP contribution in [0.15, 0.2) is 17.3 Å². The number of rotatable bonds is 3. The van der Waals surface area contributed by atoms with Crippen LogP contribution in [0.1, 0.15) is 37.1 Å². The summed E-state index contributed by atoms with van der Waals surface area (Å²) in [4.78, 5) is 21.2. The minimum absolute atomic E-state index is 0.0366. The lowest BCUT2D eigenvalue weighted by Crippen LogP contribution is -2.43. The molecular formula is C14H18IN3O. The van der Waals surface area contributed by atoms with Gasteiger partial charge >= 0.3 is 0 Å². The molecule has 19 heavy (non-hydrogen) atoms. The van der Waals surface area contributed by atoms with Gasteiger partial charge in [0.25, 0.3) is 5.91 Å². The lowest BCUT2D eigenvalue weighted by Gasteiger charge is -2.22. The topological polar surface area (TPSA) is 54.4 Å². The van der Waals surface area contributed by atoms with E-state index < -0.39 is 5.54 Å². The van der Waals surface area contributed by atoms with Gasteiger partial charge in [0.15, 0.2) is 11.4 Å². The Kier molecular flexibility index (Phi) is 3.94. The molecule has 102 valence electrons. The van der Waals surface area contributed by atoms with E-state index in [1.165, 1.54) is 0 Å². The summed E-state index contributed by atoms with van der Waals surface area (Å²) in [6, 6.07) is 2.05. The van der Waals surface area contributed by atoms with Crippen LogP contribution in [0.2, 0.25) is 0 Å². The minimum Gasteiger partial charge on any atom is -0.307 e. The molecule has 0 radical (unpaired) electrons. The third kappa shape index (κ3) is 2.52. The molecule has 1 aromatic rings. The predicted molar refractivity (Wildman–Crippen MR) is 84.9 cm³/mol. The Hall–Kier alpha value is -0.980. The van der Waals surface area contributed by atoms with Crippen LogP contribution < -0.4 is 5.32 Å². The first-order chi connectivity index (χ1) is 8.88. The van der Waals surface area contributed by atoms with Gasteiger partial charge in [-0.2, -0.15) is 0 Å². The van der Waals surface area contributed by atoms with E-state index in [1.54, 1.807) is 6.20 Å². The van der Waals surface area contributed by atoms with E-state index in [4.69, 9.17) is 0 Å². The number of amidine groups is 1. The summed E-state index contributed by atoms with van der Waals surface area (Å²) in [6.45, 7) is 7.94. The van der Waals surface area contributed by atoms with Crippen LogP contribution in [0.5, 0.6) is 0 Å². The van der Waals surface area contributed by atoms with Crippen molar-refractivity contribution in [3.05, 3.63) is 29.1 Å². The zero-order valence-corrected chi connectivity index (χ0v) is 13.8. The Morgan fingerprint density at radius 1 is 1.47 bits per heavy atom. The number of carbonyl (C=O) groups excluding carboxylic acids is 1. The summed E-state index contributed by atoms with van der Waals surface area (Å²) >= 11 is 2.29. The Balaban J connectivity index is 2.42. The number of pyridine rings is 1. The van der Waals surface area contributed by atoms with Gasteiger partial charge in [-0.15, -0.1) is 0 Å². The van der Waals surface area contributed by atoms with Gasteiger partial charge in [0.2, 0.25) is 0 Å². The largest absolute Gasteiger partial charge is 0.307 e. The Morgan fingerprint density at radius 2 is 2.16 bits per heavy atom. The number of nitrogens with zero attached hydrogens (tertiary/aromatic N) is 2. The van der Waals surface area contributed by atoms with Gasteiger partial charge in [-0.25, -0.2) is 4.99 Å². The van der Waals surface area contributed by atoms with Crippen molar-refractivity contribution in [1.29, 1.82) is 0 Å². The second-order valence-electron chi connectivity index (χ2n) is 5.12. The van der Waals surface area contributed by atoms with Gasteiger partial charge in [0.1, 0.15) is 5.69 Å². The van der Waals surface area contributed by atoms with E-state index in [0.717, 1.165) is 23.2 Å². The van der Waals surface area contributed by atoms with Crippen molar-refractivity contribution in [2.45, 2.75) is 43.6 Å². The number of aromatic nitrogens is 1. The molecule has 1 aliphatic rings. The molecule has 0 fully saturated rings. The van der Waals surface area contributed by atoms with Crippen molar-refractivity contribution in [2.75, 3.05) is 0 Å². The smallest absolute Gasteiger partial charge is 0.254 e. The Bertz CT molecular complexity index is 556. The number of alkyl halides is 1. The minimum atomic E-state index is -0.691. The summed E-state index contributed by atoms with van der Waals surface area (Å²) in [5.41, 5.74) is 2.21. The van der Waals surface area contributed by atoms with Crippen molar-refractivity contribution in [3.63, 3.8) is 0 Å². The molecule has 0 bridgehead atoms. The molecule has 0 saturated carbocycles. The van der Waals surface area contributed by atoms with Crippen molar-refractivity contribution in [2.24, 2.45) is 4.99 Å². The number of hydrogen-bond donors (Lipinski definition) is 1. The van der Waals surface area contributed by atoms with E-state index in [9.17, 15) is 4.79 Å². The van der Waals surface area contributed by atoms with Crippen LogP contribution in [0.3, 0.4) is 0 Å². The standard InChI is InChI=1S/C14H18IN3O/c1-5-10(15)14(4)13(19)17-12(18-14)11-9(3)6-8(2)7-16-11/h6-7,10H,5H2,1-4H3,(H,17,18,19). The summed E-state index contributed by atoms with van der Waals surface area (Å²) in [7, 11) is 0. The molecule has 1 aliphatic heterocycles. The third-order valence-corrected chi connectivity index (χ3v) is 5.54. The number of halogens is 1. The van der Waals surface area contributed by atoms with E-state index in [2.05, 4.69) is 44.8 Å². The van der Waals surface area contributed by atoms with Gasteiger partial charge in [0, 0.05) is 10.1 Å². The van der Waals surface area contributed by atoms with Crippen molar-refractivity contribution >= 4 is 34.3 Å². The number of nitrogens with one attached hydrogen (secondary N) is 1. The maximum absolute atomic E-state index is 12.2. The van der Waals surface area contributed by atoms with Crippen LogP contribution >= 0.6 is 22.6 Å². The molecule has 2 heterocycles. The monoisotopic (exact) mass is 371 g/mol. The molecule has 5 heteroatoms. The van der Waals surface area contributed by atoms with E-state index in [-0.39, 0.29) is 9.83 Å². The zero-order valence-electron chi connectivity index (χ0n) is 11.6.